The number of halogens is 2. The third-order valence-electron chi connectivity index (χ3n) is 2.61. The Kier molecular flexibility index (Phi) is 3.02. The molecule has 1 N–H and O–H groups in total. The summed E-state index contributed by atoms with van der Waals surface area (Å²) >= 11 is 5.80. The molecule has 0 saturated carbocycles. The van der Waals surface area contributed by atoms with Gasteiger partial charge in [-0.15, -0.1) is 0 Å². The van der Waals surface area contributed by atoms with Crippen LogP contribution < -0.4 is 0 Å². The molecule has 17 heavy (non-hydrogen) atoms. The van der Waals surface area contributed by atoms with Crippen LogP contribution in [-0.2, 0) is 14.3 Å². The quantitative estimate of drug-likeness (QED) is 0.826. The van der Waals surface area contributed by atoms with Crippen LogP contribution >= 0.6 is 11.6 Å². The molecule has 6 heteroatoms. The van der Waals surface area contributed by atoms with Crippen LogP contribution in [0, 0.1) is 11.7 Å². The van der Waals surface area contributed by atoms with E-state index >= 15 is 0 Å². The minimum Gasteiger partial charge on any atom is -0.481 e. The van der Waals surface area contributed by atoms with Crippen LogP contribution in [0.5, 0.6) is 0 Å². The summed E-state index contributed by atoms with van der Waals surface area (Å²) in [6, 6.07) is 3.96. The van der Waals surface area contributed by atoms with E-state index in [1.54, 1.807) is 0 Å². The van der Waals surface area contributed by atoms with Crippen molar-refractivity contribution in [3.63, 3.8) is 0 Å². The molecule has 0 aromatic heterocycles. The van der Waals surface area contributed by atoms with E-state index in [0.29, 0.717) is 0 Å². The van der Waals surface area contributed by atoms with Gasteiger partial charge in [-0.05, 0) is 12.1 Å². The average molecular weight is 259 g/mol. The summed E-state index contributed by atoms with van der Waals surface area (Å²) in [6.07, 6.45) is -1.43. The van der Waals surface area contributed by atoms with E-state index in [0.717, 1.165) is 6.07 Å². The lowest BCUT2D eigenvalue weighted by Gasteiger charge is -2.16. The number of carboxylic acids is 1. The lowest BCUT2D eigenvalue weighted by molar-refractivity contribution is -0.144. The molecule has 0 unspecified atom stereocenters. The topological polar surface area (TPSA) is 63.6 Å². The van der Waals surface area contributed by atoms with Crippen molar-refractivity contribution in [1.82, 2.24) is 0 Å². The molecule has 90 valence electrons. The van der Waals surface area contributed by atoms with Crippen molar-refractivity contribution < 1.29 is 23.8 Å². The van der Waals surface area contributed by atoms with Crippen LogP contribution in [0.1, 0.15) is 18.1 Å². The molecule has 0 bridgehead atoms. The fourth-order valence-electron chi connectivity index (χ4n) is 1.82. The van der Waals surface area contributed by atoms with Gasteiger partial charge < -0.3 is 9.84 Å². The molecule has 4 nitrogen and oxygen atoms in total. The molecule has 1 heterocycles. The fourth-order valence-corrected chi connectivity index (χ4v) is 2.09. The van der Waals surface area contributed by atoms with Gasteiger partial charge in [-0.2, -0.15) is 0 Å². The second-order valence-electron chi connectivity index (χ2n) is 3.69. The second kappa shape index (κ2) is 4.33. The van der Waals surface area contributed by atoms with E-state index in [2.05, 4.69) is 0 Å². The number of hydrogen-bond acceptors (Lipinski definition) is 3. The Labute approximate surface area is 101 Å². The molecule has 1 fully saturated rings. The van der Waals surface area contributed by atoms with Crippen LogP contribution in [0.25, 0.3) is 0 Å². The van der Waals surface area contributed by atoms with E-state index < -0.39 is 29.8 Å². The first-order chi connectivity index (χ1) is 8.00. The maximum atomic E-state index is 13.6. The standard InChI is InChI=1S/C11H8ClFO4/c12-6-2-1-3-7(13)9(6)10-5(11(15)16)4-8(14)17-10/h1-3,5,10H,4H2,(H,15,16)/t5-,10-/m1/s1. The largest absolute Gasteiger partial charge is 0.481 e. The number of carboxylic acid groups (broad SMARTS) is 1. The zero-order valence-electron chi connectivity index (χ0n) is 8.52. The number of hydrogen-bond donors (Lipinski definition) is 1. The molecule has 1 aliphatic rings. The van der Waals surface area contributed by atoms with Crippen LogP contribution in [-0.4, -0.2) is 17.0 Å². The first-order valence-electron chi connectivity index (χ1n) is 4.87. The van der Waals surface area contributed by atoms with Crippen molar-refractivity contribution in [3.8, 4) is 0 Å². The smallest absolute Gasteiger partial charge is 0.311 e. The molecule has 2 rings (SSSR count). The van der Waals surface area contributed by atoms with Gasteiger partial charge in [-0.1, -0.05) is 17.7 Å². The van der Waals surface area contributed by atoms with Crippen molar-refractivity contribution in [2.75, 3.05) is 0 Å². The number of carbonyl (C=O) groups excluding carboxylic acids is 1. The fraction of sp³-hybridized carbons (Fsp3) is 0.273. The van der Waals surface area contributed by atoms with Gasteiger partial charge in [-0.3, -0.25) is 9.59 Å². The van der Waals surface area contributed by atoms with Crippen LogP contribution in [0.3, 0.4) is 0 Å². The third kappa shape index (κ3) is 2.10. The predicted molar refractivity (Wildman–Crippen MR) is 56.0 cm³/mol. The number of cyclic esters (lactones) is 1. The van der Waals surface area contributed by atoms with Gasteiger partial charge in [0.05, 0.1) is 11.4 Å². The molecule has 0 spiro atoms. The molecule has 1 aromatic carbocycles. The summed E-state index contributed by atoms with van der Waals surface area (Å²) in [4.78, 5) is 22.1. The maximum absolute atomic E-state index is 13.6. The number of aliphatic carboxylic acids is 1. The summed E-state index contributed by atoms with van der Waals surface area (Å²) in [7, 11) is 0. The number of benzene rings is 1. The molecule has 1 saturated heterocycles. The van der Waals surface area contributed by atoms with Crippen molar-refractivity contribution in [3.05, 3.63) is 34.6 Å². The van der Waals surface area contributed by atoms with E-state index in [1.807, 2.05) is 0 Å². The zero-order chi connectivity index (χ0) is 12.6. The van der Waals surface area contributed by atoms with Crippen molar-refractivity contribution in [2.24, 2.45) is 5.92 Å². The van der Waals surface area contributed by atoms with Gasteiger partial charge in [0.2, 0.25) is 0 Å². The highest BCUT2D eigenvalue weighted by atomic mass is 35.5. The van der Waals surface area contributed by atoms with E-state index in [9.17, 15) is 14.0 Å². The van der Waals surface area contributed by atoms with Gasteiger partial charge in [0.25, 0.3) is 0 Å². The minimum atomic E-state index is -1.21. The molecule has 1 aromatic rings. The second-order valence-corrected chi connectivity index (χ2v) is 4.10. The highest BCUT2D eigenvalue weighted by Gasteiger charge is 2.43. The van der Waals surface area contributed by atoms with Gasteiger partial charge in [0, 0.05) is 5.56 Å². The van der Waals surface area contributed by atoms with E-state index in [4.69, 9.17) is 21.4 Å². The summed E-state index contributed by atoms with van der Waals surface area (Å²) in [5.41, 5.74) is -0.0765. The van der Waals surface area contributed by atoms with Crippen molar-refractivity contribution >= 4 is 23.5 Å². The van der Waals surface area contributed by atoms with Crippen LogP contribution in [0.15, 0.2) is 18.2 Å². The Morgan fingerprint density at radius 1 is 1.53 bits per heavy atom. The zero-order valence-corrected chi connectivity index (χ0v) is 9.28. The maximum Gasteiger partial charge on any atom is 0.311 e. The average Bonchev–Trinajstić information content (AvgIpc) is 2.60. The number of ether oxygens (including phenoxy) is 1. The van der Waals surface area contributed by atoms with Crippen LogP contribution in [0.4, 0.5) is 4.39 Å². The van der Waals surface area contributed by atoms with Gasteiger partial charge in [0.15, 0.2) is 0 Å². The SMILES string of the molecule is O=C1C[C@@H](C(=O)O)[C@H](c2c(F)cccc2Cl)O1. The Hall–Kier alpha value is -1.62. The van der Waals surface area contributed by atoms with Crippen molar-refractivity contribution in [1.29, 1.82) is 0 Å². The monoisotopic (exact) mass is 258 g/mol. The first-order valence-corrected chi connectivity index (χ1v) is 5.24. The molecule has 1 aliphatic heterocycles. The molecule has 0 radical (unpaired) electrons. The molecule has 0 amide bonds. The predicted octanol–water partition coefficient (Wildman–Crippen LogP) is 2.17. The highest BCUT2D eigenvalue weighted by molar-refractivity contribution is 6.31. The molecule has 2 atom stereocenters. The summed E-state index contributed by atoms with van der Waals surface area (Å²) in [6.45, 7) is 0. The Bertz CT molecular complexity index is 468. The summed E-state index contributed by atoms with van der Waals surface area (Å²) < 4.78 is 18.4. The molecule has 0 aliphatic carbocycles. The number of rotatable bonds is 2. The first kappa shape index (κ1) is 11.9. The summed E-state index contributed by atoms with van der Waals surface area (Å²) in [5, 5.41) is 9.00. The van der Waals surface area contributed by atoms with Gasteiger partial charge in [-0.25, -0.2) is 4.39 Å². The molecular weight excluding hydrogens is 251 g/mol. The Morgan fingerprint density at radius 2 is 2.24 bits per heavy atom. The highest BCUT2D eigenvalue weighted by Crippen LogP contribution is 2.39. The Balaban J connectivity index is 2.45. The lowest BCUT2D eigenvalue weighted by atomic mass is 9.95. The van der Waals surface area contributed by atoms with Gasteiger partial charge >= 0.3 is 11.9 Å². The summed E-state index contributed by atoms with van der Waals surface area (Å²) in [5.74, 6) is -3.65. The minimum absolute atomic E-state index is 0.0518. The number of esters is 1. The van der Waals surface area contributed by atoms with Gasteiger partial charge in [0.1, 0.15) is 17.8 Å². The molecular formula is C11H8ClFO4. The lowest BCUT2D eigenvalue weighted by Crippen LogP contribution is -2.18. The van der Waals surface area contributed by atoms with E-state index in [-0.39, 0.29) is 17.0 Å². The Morgan fingerprint density at radius 3 is 2.82 bits per heavy atom. The van der Waals surface area contributed by atoms with Crippen molar-refractivity contribution in [2.45, 2.75) is 12.5 Å². The van der Waals surface area contributed by atoms with Crippen LogP contribution in [0.2, 0.25) is 5.02 Å². The van der Waals surface area contributed by atoms with E-state index in [1.165, 1.54) is 12.1 Å². The number of carbonyl (C=O) groups is 2. The third-order valence-corrected chi connectivity index (χ3v) is 2.94. The normalized spacial score (nSPS) is 23.5.